The second-order valence-corrected chi connectivity index (χ2v) is 12.7. The van der Waals surface area contributed by atoms with Crippen LogP contribution in [0.4, 0.5) is 10.5 Å². The first kappa shape index (κ1) is 32.0. The van der Waals surface area contributed by atoms with Gasteiger partial charge >= 0.3 is 6.09 Å². The van der Waals surface area contributed by atoms with Crippen molar-refractivity contribution in [3.63, 3.8) is 0 Å². The van der Waals surface area contributed by atoms with Crippen LogP contribution >= 0.6 is 0 Å². The fourth-order valence-electron chi connectivity index (χ4n) is 4.85. The van der Waals surface area contributed by atoms with Gasteiger partial charge in [-0.05, 0) is 87.8 Å². The van der Waals surface area contributed by atoms with E-state index in [0.717, 1.165) is 28.8 Å². The average molecular weight is 591 g/mol. The average Bonchev–Trinajstić information content (AvgIpc) is 2.92. The highest BCUT2D eigenvalue weighted by Crippen LogP contribution is 2.39. The van der Waals surface area contributed by atoms with Gasteiger partial charge in [-0.25, -0.2) is 13.2 Å². The SMILES string of the molecule is COc1ccc(C2=CCC(CCO)(OC)CC2)c(CCN(C(=O)OC(C)(C)C)S(=O)(=O)c2ccccc2[N+](=O)[O-])c1. The van der Waals surface area contributed by atoms with E-state index >= 15 is 0 Å². The molecule has 41 heavy (non-hydrogen) atoms. The summed E-state index contributed by atoms with van der Waals surface area (Å²) in [7, 11) is -1.51. The quantitative estimate of drug-likeness (QED) is 0.279. The summed E-state index contributed by atoms with van der Waals surface area (Å²) in [4.78, 5) is 23.5. The summed E-state index contributed by atoms with van der Waals surface area (Å²) in [5.74, 6) is 0.553. The first-order valence-electron chi connectivity index (χ1n) is 13.3. The number of nitro groups is 1. The number of aliphatic hydroxyl groups excluding tert-OH is 1. The van der Waals surface area contributed by atoms with Gasteiger partial charge in [0.05, 0.1) is 17.6 Å². The molecular weight excluding hydrogens is 552 g/mol. The highest BCUT2D eigenvalue weighted by molar-refractivity contribution is 7.89. The summed E-state index contributed by atoms with van der Waals surface area (Å²) in [5.41, 5.74) is 0.528. The molecule has 11 nitrogen and oxygen atoms in total. The van der Waals surface area contributed by atoms with Crippen LogP contribution in [0.3, 0.4) is 0 Å². The Kier molecular flexibility index (Phi) is 10.2. The third-order valence-corrected chi connectivity index (χ3v) is 8.85. The molecule has 1 amide bonds. The summed E-state index contributed by atoms with van der Waals surface area (Å²) in [6.45, 7) is 4.50. The van der Waals surface area contributed by atoms with E-state index in [1.54, 1.807) is 40.0 Å². The van der Waals surface area contributed by atoms with E-state index in [1.165, 1.54) is 19.2 Å². The van der Waals surface area contributed by atoms with E-state index in [0.29, 0.717) is 35.7 Å². The number of nitrogens with zero attached hydrogens (tertiary/aromatic N) is 2. The molecule has 224 valence electrons. The van der Waals surface area contributed by atoms with Gasteiger partial charge in [0.15, 0.2) is 4.90 Å². The molecule has 0 fully saturated rings. The Morgan fingerprint density at radius 3 is 2.44 bits per heavy atom. The Hall–Kier alpha value is -3.48. The third kappa shape index (κ3) is 7.63. The van der Waals surface area contributed by atoms with Gasteiger partial charge in [-0.3, -0.25) is 10.1 Å². The highest BCUT2D eigenvalue weighted by atomic mass is 32.2. The standard InChI is InChI=1S/C29H38N2O9S/c1-28(2,3)40-27(33)30(41(36,37)26-9-7-6-8-25(26)31(34)35)18-14-22-20-23(38-4)10-11-24(22)21-12-15-29(39-5,16-13-21)17-19-32/h6-12,20,32H,13-19H2,1-5H3. The summed E-state index contributed by atoms with van der Waals surface area (Å²) in [6.07, 6.45) is 3.48. The van der Waals surface area contributed by atoms with E-state index in [9.17, 15) is 28.4 Å². The summed E-state index contributed by atoms with van der Waals surface area (Å²) < 4.78 is 44.6. The van der Waals surface area contributed by atoms with Crippen LogP contribution in [0.5, 0.6) is 5.75 Å². The van der Waals surface area contributed by atoms with Gasteiger partial charge in [0.2, 0.25) is 0 Å². The number of allylic oxidation sites excluding steroid dienone is 1. The fourth-order valence-corrected chi connectivity index (χ4v) is 6.31. The molecule has 0 saturated carbocycles. The highest BCUT2D eigenvalue weighted by Gasteiger charge is 2.37. The first-order valence-corrected chi connectivity index (χ1v) is 14.7. The molecule has 3 rings (SSSR count). The number of methoxy groups -OCH3 is 2. The molecule has 0 heterocycles. The Balaban J connectivity index is 2.02. The lowest BCUT2D eigenvalue weighted by Gasteiger charge is -2.35. The molecule has 1 atom stereocenters. The Morgan fingerprint density at radius 2 is 1.88 bits per heavy atom. The minimum atomic E-state index is -4.67. The van der Waals surface area contributed by atoms with Crippen molar-refractivity contribution < 1.29 is 37.5 Å². The molecule has 1 aliphatic rings. The maximum atomic E-state index is 13.7. The van der Waals surface area contributed by atoms with E-state index in [1.807, 2.05) is 6.07 Å². The van der Waals surface area contributed by atoms with Gasteiger partial charge in [0.1, 0.15) is 11.4 Å². The summed E-state index contributed by atoms with van der Waals surface area (Å²) >= 11 is 0. The van der Waals surface area contributed by atoms with Crippen LogP contribution in [-0.2, 0) is 25.9 Å². The minimum Gasteiger partial charge on any atom is -0.497 e. The number of rotatable bonds is 11. The fraction of sp³-hybridized carbons (Fsp3) is 0.483. The van der Waals surface area contributed by atoms with Gasteiger partial charge in [0.25, 0.3) is 15.7 Å². The van der Waals surface area contributed by atoms with Gasteiger partial charge < -0.3 is 19.3 Å². The number of carbonyl (C=O) groups excluding carboxylic acids is 1. The Bertz CT molecular complexity index is 1400. The zero-order valence-corrected chi connectivity index (χ0v) is 24.9. The van der Waals surface area contributed by atoms with Crippen molar-refractivity contribution in [1.82, 2.24) is 4.31 Å². The van der Waals surface area contributed by atoms with E-state index in [-0.39, 0.29) is 19.6 Å². The third-order valence-electron chi connectivity index (χ3n) is 7.04. The molecule has 12 heteroatoms. The summed E-state index contributed by atoms with van der Waals surface area (Å²) in [6, 6.07) is 10.4. The van der Waals surface area contributed by atoms with Crippen LogP contribution in [-0.4, -0.2) is 67.4 Å². The van der Waals surface area contributed by atoms with E-state index in [4.69, 9.17) is 14.2 Å². The molecule has 0 aromatic heterocycles. The number of ether oxygens (including phenoxy) is 3. The van der Waals surface area contributed by atoms with Crippen LogP contribution in [0.1, 0.15) is 57.6 Å². The van der Waals surface area contributed by atoms with Crippen LogP contribution < -0.4 is 4.74 Å². The minimum absolute atomic E-state index is 0.0132. The molecule has 1 aliphatic carbocycles. The smallest absolute Gasteiger partial charge is 0.424 e. The van der Waals surface area contributed by atoms with Gasteiger partial charge in [-0.1, -0.05) is 24.3 Å². The number of benzene rings is 2. The van der Waals surface area contributed by atoms with E-state index in [2.05, 4.69) is 6.08 Å². The van der Waals surface area contributed by atoms with Crippen molar-refractivity contribution in [1.29, 1.82) is 0 Å². The predicted octanol–water partition coefficient (Wildman–Crippen LogP) is 5.11. The van der Waals surface area contributed by atoms with Crippen molar-refractivity contribution in [2.75, 3.05) is 27.4 Å². The number of hydrogen-bond donors (Lipinski definition) is 1. The van der Waals surface area contributed by atoms with Crippen molar-refractivity contribution in [2.45, 2.75) is 69.0 Å². The van der Waals surface area contributed by atoms with Crippen LogP contribution in [0.25, 0.3) is 5.57 Å². The lowest BCUT2D eigenvalue weighted by Crippen LogP contribution is -2.42. The monoisotopic (exact) mass is 590 g/mol. The van der Waals surface area contributed by atoms with Gasteiger partial charge in [-0.2, -0.15) is 4.31 Å². The molecular formula is C29H38N2O9S. The normalized spacial score (nSPS) is 17.5. The first-order chi connectivity index (χ1) is 19.3. The number of amides is 1. The maximum Gasteiger partial charge on any atom is 0.424 e. The maximum absolute atomic E-state index is 13.7. The molecule has 0 saturated heterocycles. The second-order valence-electron chi connectivity index (χ2n) is 10.8. The molecule has 0 radical (unpaired) electrons. The molecule has 0 bridgehead atoms. The zero-order valence-electron chi connectivity index (χ0n) is 24.1. The van der Waals surface area contributed by atoms with Crippen molar-refractivity contribution in [3.05, 3.63) is 69.8 Å². The number of carbonyl (C=O) groups is 1. The number of hydrogen-bond acceptors (Lipinski definition) is 9. The Morgan fingerprint density at radius 1 is 1.17 bits per heavy atom. The number of aliphatic hydroxyl groups is 1. The molecule has 1 unspecified atom stereocenters. The largest absolute Gasteiger partial charge is 0.497 e. The zero-order chi connectivity index (χ0) is 30.4. The van der Waals surface area contributed by atoms with Gasteiger partial charge in [0, 0.05) is 26.3 Å². The van der Waals surface area contributed by atoms with Crippen LogP contribution in [0.15, 0.2) is 53.4 Å². The summed E-state index contributed by atoms with van der Waals surface area (Å²) in [5, 5.41) is 21.1. The molecule has 0 spiro atoms. The Labute approximate surface area is 240 Å². The lowest BCUT2D eigenvalue weighted by molar-refractivity contribution is -0.387. The van der Waals surface area contributed by atoms with Crippen LogP contribution in [0, 0.1) is 10.1 Å². The van der Waals surface area contributed by atoms with Gasteiger partial charge in [-0.15, -0.1) is 0 Å². The molecule has 2 aromatic carbocycles. The number of para-hydroxylation sites is 1. The van der Waals surface area contributed by atoms with E-state index < -0.39 is 42.8 Å². The molecule has 0 aliphatic heterocycles. The number of nitro benzene ring substituents is 1. The molecule has 1 N–H and O–H groups in total. The topological polar surface area (TPSA) is 146 Å². The van der Waals surface area contributed by atoms with Crippen molar-refractivity contribution in [3.8, 4) is 5.75 Å². The number of sulfonamides is 1. The lowest BCUT2D eigenvalue weighted by atomic mass is 9.80. The van der Waals surface area contributed by atoms with Crippen molar-refractivity contribution in [2.24, 2.45) is 0 Å². The predicted molar refractivity (Wildman–Crippen MR) is 153 cm³/mol. The second kappa shape index (κ2) is 13.0. The molecule has 2 aromatic rings. The van der Waals surface area contributed by atoms with Crippen molar-refractivity contribution >= 4 is 27.4 Å². The van der Waals surface area contributed by atoms with Crippen LogP contribution in [0.2, 0.25) is 0 Å².